The Morgan fingerprint density at radius 1 is 1.06 bits per heavy atom. The lowest BCUT2D eigenvalue weighted by molar-refractivity contribution is 0.0579. The molecule has 2 nitrogen and oxygen atoms in total. The molecular formula is C15H31NO. The van der Waals surface area contributed by atoms with E-state index in [9.17, 15) is 5.11 Å². The molecule has 0 aromatic carbocycles. The standard InChI is InChI=1S/C15H31NO/c1-3-4-5-6-7-8-9-15(17)14-10-12-16(2)13-11-14/h14-15,17H,3-13H2,1-2H3. The molecule has 0 aliphatic carbocycles. The second-order valence-electron chi connectivity index (χ2n) is 5.76. The van der Waals surface area contributed by atoms with Crippen molar-refractivity contribution in [1.29, 1.82) is 0 Å². The van der Waals surface area contributed by atoms with Crippen molar-refractivity contribution < 1.29 is 5.11 Å². The third kappa shape index (κ3) is 6.42. The van der Waals surface area contributed by atoms with Crippen LogP contribution >= 0.6 is 0 Å². The van der Waals surface area contributed by atoms with E-state index in [1.54, 1.807) is 0 Å². The lowest BCUT2D eigenvalue weighted by atomic mass is 9.88. The van der Waals surface area contributed by atoms with Gasteiger partial charge < -0.3 is 10.0 Å². The smallest absolute Gasteiger partial charge is 0.0569 e. The van der Waals surface area contributed by atoms with Crippen LogP contribution in [0.5, 0.6) is 0 Å². The molecule has 1 rings (SSSR count). The van der Waals surface area contributed by atoms with Crippen LogP contribution in [-0.4, -0.2) is 36.2 Å². The minimum atomic E-state index is -0.0325. The minimum absolute atomic E-state index is 0.0325. The highest BCUT2D eigenvalue weighted by Gasteiger charge is 2.22. The zero-order valence-corrected chi connectivity index (χ0v) is 11.8. The van der Waals surface area contributed by atoms with Crippen molar-refractivity contribution in [3.8, 4) is 0 Å². The first-order valence-corrected chi connectivity index (χ1v) is 7.60. The highest BCUT2D eigenvalue weighted by Crippen LogP contribution is 2.23. The predicted octanol–water partition coefficient (Wildman–Crippen LogP) is 3.44. The van der Waals surface area contributed by atoms with Gasteiger partial charge in [0.25, 0.3) is 0 Å². The zero-order valence-electron chi connectivity index (χ0n) is 11.8. The monoisotopic (exact) mass is 241 g/mol. The number of hydrogen-bond acceptors (Lipinski definition) is 2. The number of unbranched alkanes of at least 4 members (excludes halogenated alkanes) is 5. The van der Waals surface area contributed by atoms with Crippen LogP contribution in [0.1, 0.15) is 64.7 Å². The van der Waals surface area contributed by atoms with E-state index >= 15 is 0 Å². The number of nitrogens with zero attached hydrogens (tertiary/aromatic N) is 1. The summed E-state index contributed by atoms with van der Waals surface area (Å²) in [5, 5.41) is 10.1. The van der Waals surface area contributed by atoms with Gasteiger partial charge in [-0.1, -0.05) is 45.4 Å². The molecule has 1 fully saturated rings. The number of piperidine rings is 1. The van der Waals surface area contributed by atoms with E-state index in [1.807, 2.05) is 0 Å². The molecule has 0 aromatic rings. The van der Waals surface area contributed by atoms with E-state index in [2.05, 4.69) is 18.9 Å². The van der Waals surface area contributed by atoms with Crippen LogP contribution in [0, 0.1) is 5.92 Å². The van der Waals surface area contributed by atoms with Gasteiger partial charge in [-0.05, 0) is 45.3 Å². The second-order valence-corrected chi connectivity index (χ2v) is 5.76. The van der Waals surface area contributed by atoms with E-state index in [4.69, 9.17) is 0 Å². The van der Waals surface area contributed by atoms with Crippen molar-refractivity contribution in [2.24, 2.45) is 5.92 Å². The third-order valence-electron chi connectivity index (χ3n) is 4.16. The largest absolute Gasteiger partial charge is 0.393 e. The third-order valence-corrected chi connectivity index (χ3v) is 4.16. The Bertz CT molecular complexity index is 176. The van der Waals surface area contributed by atoms with Crippen molar-refractivity contribution in [3.63, 3.8) is 0 Å². The first kappa shape index (κ1) is 15.0. The van der Waals surface area contributed by atoms with Crippen molar-refractivity contribution in [1.82, 2.24) is 4.90 Å². The van der Waals surface area contributed by atoms with Crippen LogP contribution in [0.4, 0.5) is 0 Å². The van der Waals surface area contributed by atoms with Crippen LogP contribution in [0.3, 0.4) is 0 Å². The maximum Gasteiger partial charge on any atom is 0.0569 e. The molecule has 0 bridgehead atoms. The Balaban J connectivity index is 1.99. The van der Waals surface area contributed by atoms with Gasteiger partial charge in [-0.15, -0.1) is 0 Å². The maximum atomic E-state index is 10.1. The predicted molar refractivity (Wildman–Crippen MR) is 74.2 cm³/mol. The second kappa shape index (κ2) is 8.93. The molecular weight excluding hydrogens is 210 g/mol. The van der Waals surface area contributed by atoms with Crippen LogP contribution in [-0.2, 0) is 0 Å². The van der Waals surface area contributed by atoms with E-state index in [-0.39, 0.29) is 6.10 Å². The highest BCUT2D eigenvalue weighted by atomic mass is 16.3. The fourth-order valence-corrected chi connectivity index (χ4v) is 2.78. The summed E-state index contributed by atoms with van der Waals surface area (Å²) in [4.78, 5) is 2.37. The summed E-state index contributed by atoms with van der Waals surface area (Å²) in [5.41, 5.74) is 0. The first-order chi connectivity index (χ1) is 8.24. The quantitative estimate of drug-likeness (QED) is 0.658. The van der Waals surface area contributed by atoms with Gasteiger partial charge >= 0.3 is 0 Å². The molecule has 17 heavy (non-hydrogen) atoms. The number of hydrogen-bond donors (Lipinski definition) is 1. The molecule has 1 aliphatic heterocycles. The molecule has 0 spiro atoms. The Morgan fingerprint density at radius 2 is 1.65 bits per heavy atom. The van der Waals surface area contributed by atoms with Gasteiger partial charge in [-0.3, -0.25) is 0 Å². The van der Waals surface area contributed by atoms with Gasteiger partial charge in [0.05, 0.1) is 6.10 Å². The molecule has 1 heterocycles. The number of aliphatic hydroxyl groups excluding tert-OH is 1. The van der Waals surface area contributed by atoms with Gasteiger partial charge in [0.1, 0.15) is 0 Å². The van der Waals surface area contributed by atoms with E-state index in [0.29, 0.717) is 5.92 Å². The minimum Gasteiger partial charge on any atom is -0.393 e. The fourth-order valence-electron chi connectivity index (χ4n) is 2.78. The van der Waals surface area contributed by atoms with Gasteiger partial charge in [-0.2, -0.15) is 0 Å². The van der Waals surface area contributed by atoms with E-state index in [0.717, 1.165) is 19.5 Å². The molecule has 102 valence electrons. The molecule has 2 heteroatoms. The SMILES string of the molecule is CCCCCCCCC(O)C1CCN(C)CC1. The van der Waals surface area contributed by atoms with Crippen LogP contribution < -0.4 is 0 Å². The molecule has 0 radical (unpaired) electrons. The van der Waals surface area contributed by atoms with Crippen LogP contribution in [0.2, 0.25) is 0 Å². The van der Waals surface area contributed by atoms with E-state index in [1.165, 1.54) is 51.4 Å². The molecule has 1 N–H and O–H groups in total. The first-order valence-electron chi connectivity index (χ1n) is 7.60. The Kier molecular flexibility index (Phi) is 7.87. The van der Waals surface area contributed by atoms with Gasteiger partial charge in [-0.25, -0.2) is 0 Å². The zero-order chi connectivity index (χ0) is 12.5. The summed E-state index contributed by atoms with van der Waals surface area (Å²) in [5.74, 6) is 0.571. The lowest BCUT2D eigenvalue weighted by Crippen LogP contribution is -2.35. The lowest BCUT2D eigenvalue weighted by Gasteiger charge is -2.31. The summed E-state index contributed by atoms with van der Waals surface area (Å²) in [6.45, 7) is 4.58. The molecule has 1 aliphatic rings. The molecule has 1 atom stereocenters. The van der Waals surface area contributed by atoms with Crippen molar-refractivity contribution >= 4 is 0 Å². The molecule has 0 saturated carbocycles. The van der Waals surface area contributed by atoms with E-state index < -0.39 is 0 Å². The summed E-state index contributed by atoms with van der Waals surface area (Å²) in [6, 6.07) is 0. The van der Waals surface area contributed by atoms with Crippen molar-refractivity contribution in [2.45, 2.75) is 70.8 Å². The number of rotatable bonds is 8. The Hall–Kier alpha value is -0.0800. The normalized spacial score (nSPS) is 20.6. The van der Waals surface area contributed by atoms with Gasteiger partial charge in [0, 0.05) is 0 Å². The van der Waals surface area contributed by atoms with Crippen molar-refractivity contribution in [2.75, 3.05) is 20.1 Å². The van der Waals surface area contributed by atoms with Crippen LogP contribution in [0.25, 0.3) is 0 Å². The molecule has 1 unspecified atom stereocenters. The topological polar surface area (TPSA) is 23.5 Å². The average molecular weight is 241 g/mol. The summed E-state index contributed by atoms with van der Waals surface area (Å²) in [6.07, 6.45) is 11.3. The summed E-state index contributed by atoms with van der Waals surface area (Å²) in [7, 11) is 2.18. The molecule has 0 amide bonds. The number of likely N-dealkylation sites (tertiary alicyclic amines) is 1. The number of aliphatic hydroxyl groups is 1. The fraction of sp³-hybridized carbons (Fsp3) is 1.00. The van der Waals surface area contributed by atoms with Crippen molar-refractivity contribution in [3.05, 3.63) is 0 Å². The Labute approximate surface area is 107 Å². The van der Waals surface area contributed by atoms with Gasteiger partial charge in [0.15, 0.2) is 0 Å². The summed E-state index contributed by atoms with van der Waals surface area (Å²) < 4.78 is 0. The van der Waals surface area contributed by atoms with Gasteiger partial charge in [0.2, 0.25) is 0 Å². The average Bonchev–Trinajstić information content (AvgIpc) is 2.34. The maximum absolute atomic E-state index is 10.1. The summed E-state index contributed by atoms with van der Waals surface area (Å²) >= 11 is 0. The molecule has 1 saturated heterocycles. The Morgan fingerprint density at radius 3 is 2.29 bits per heavy atom. The molecule has 0 aromatic heterocycles. The van der Waals surface area contributed by atoms with Crippen LogP contribution in [0.15, 0.2) is 0 Å². The highest BCUT2D eigenvalue weighted by molar-refractivity contribution is 4.76.